The van der Waals surface area contributed by atoms with Crippen molar-refractivity contribution in [3.05, 3.63) is 63.6 Å². The van der Waals surface area contributed by atoms with Gasteiger partial charge >= 0.3 is 0 Å². The minimum Gasteiger partial charge on any atom is -0.207 e. The van der Waals surface area contributed by atoms with E-state index in [0.717, 1.165) is 12.1 Å². The summed E-state index contributed by atoms with van der Waals surface area (Å²) in [6, 6.07) is 6.94. The molecule has 1 N–H and O–H groups in total. The van der Waals surface area contributed by atoms with Crippen molar-refractivity contribution in [1.29, 1.82) is 0 Å². The summed E-state index contributed by atoms with van der Waals surface area (Å²) in [6.45, 7) is -0.124. The van der Waals surface area contributed by atoms with Crippen molar-refractivity contribution in [3.63, 3.8) is 0 Å². The number of benzene rings is 2. The van der Waals surface area contributed by atoms with Gasteiger partial charge in [-0.1, -0.05) is 23.2 Å². The van der Waals surface area contributed by atoms with Crippen LogP contribution in [-0.4, -0.2) is 8.42 Å². The smallest absolute Gasteiger partial charge is 0.207 e. The predicted octanol–water partition coefficient (Wildman–Crippen LogP) is 3.75. The maximum atomic E-state index is 13.1. The largest absolute Gasteiger partial charge is 0.240 e. The molecule has 0 bridgehead atoms. The van der Waals surface area contributed by atoms with Gasteiger partial charge in [0, 0.05) is 16.6 Å². The van der Waals surface area contributed by atoms with Crippen LogP contribution in [0, 0.1) is 11.6 Å². The summed E-state index contributed by atoms with van der Waals surface area (Å²) >= 11 is 11.7. The highest BCUT2D eigenvalue weighted by molar-refractivity contribution is 7.89. The van der Waals surface area contributed by atoms with Crippen LogP contribution in [0.3, 0.4) is 0 Å². The Morgan fingerprint density at radius 3 is 2.38 bits per heavy atom. The van der Waals surface area contributed by atoms with Crippen LogP contribution in [0.15, 0.2) is 41.3 Å². The number of halogens is 4. The predicted molar refractivity (Wildman–Crippen MR) is 76.8 cm³/mol. The maximum Gasteiger partial charge on any atom is 0.240 e. The summed E-state index contributed by atoms with van der Waals surface area (Å²) in [7, 11) is -3.99. The zero-order chi connectivity index (χ0) is 15.6. The Bertz CT molecular complexity index is 782. The van der Waals surface area contributed by atoms with Crippen molar-refractivity contribution < 1.29 is 17.2 Å². The lowest BCUT2D eigenvalue weighted by Gasteiger charge is -2.09. The van der Waals surface area contributed by atoms with Crippen molar-refractivity contribution >= 4 is 33.2 Å². The Morgan fingerprint density at radius 1 is 1.00 bits per heavy atom. The van der Waals surface area contributed by atoms with Crippen molar-refractivity contribution in [1.82, 2.24) is 4.72 Å². The molecule has 0 fully saturated rings. The minimum atomic E-state index is -3.99. The third-order valence-electron chi connectivity index (χ3n) is 2.66. The molecule has 0 aromatic heterocycles. The Labute approximate surface area is 130 Å². The van der Waals surface area contributed by atoms with E-state index in [9.17, 15) is 17.2 Å². The van der Waals surface area contributed by atoms with Crippen molar-refractivity contribution in [2.45, 2.75) is 11.4 Å². The molecule has 0 radical (unpaired) electrons. The quantitative estimate of drug-likeness (QED) is 0.911. The molecule has 21 heavy (non-hydrogen) atoms. The Balaban J connectivity index is 2.21. The molecule has 0 aliphatic carbocycles. The summed E-state index contributed by atoms with van der Waals surface area (Å²) in [6.07, 6.45) is 0. The Kier molecular flexibility index (Phi) is 4.83. The minimum absolute atomic E-state index is 0.124. The fraction of sp³-hybridized carbons (Fsp3) is 0.0769. The molecular formula is C13H9Cl2F2NO2S. The van der Waals surface area contributed by atoms with Gasteiger partial charge in [-0.15, -0.1) is 0 Å². The molecule has 0 heterocycles. The van der Waals surface area contributed by atoms with Gasteiger partial charge in [-0.2, -0.15) is 0 Å². The molecule has 2 rings (SSSR count). The molecular weight excluding hydrogens is 343 g/mol. The van der Waals surface area contributed by atoms with E-state index in [1.807, 2.05) is 0 Å². The van der Waals surface area contributed by atoms with Gasteiger partial charge in [-0.25, -0.2) is 21.9 Å². The summed E-state index contributed by atoms with van der Waals surface area (Å²) < 4.78 is 52.1. The van der Waals surface area contributed by atoms with Crippen LogP contribution in [0.25, 0.3) is 0 Å². The second-order valence-electron chi connectivity index (χ2n) is 4.14. The van der Waals surface area contributed by atoms with E-state index in [1.54, 1.807) is 6.07 Å². The van der Waals surface area contributed by atoms with Crippen LogP contribution in [-0.2, 0) is 16.6 Å². The molecule has 0 amide bonds. The number of hydrogen-bond donors (Lipinski definition) is 1. The maximum absolute atomic E-state index is 13.1. The van der Waals surface area contributed by atoms with Crippen molar-refractivity contribution in [2.75, 3.05) is 0 Å². The van der Waals surface area contributed by atoms with Gasteiger partial charge in [0.25, 0.3) is 0 Å². The molecule has 112 valence electrons. The number of hydrogen-bond acceptors (Lipinski definition) is 2. The van der Waals surface area contributed by atoms with E-state index < -0.39 is 21.7 Å². The van der Waals surface area contributed by atoms with Crippen LogP contribution < -0.4 is 4.72 Å². The topological polar surface area (TPSA) is 46.2 Å². The van der Waals surface area contributed by atoms with Crippen LogP contribution in [0.5, 0.6) is 0 Å². The summed E-state index contributed by atoms with van der Waals surface area (Å²) in [4.78, 5) is -0.375. The van der Waals surface area contributed by atoms with Gasteiger partial charge in [-0.05, 0) is 42.0 Å². The van der Waals surface area contributed by atoms with Crippen LogP contribution in [0.2, 0.25) is 10.0 Å². The highest BCUT2D eigenvalue weighted by Gasteiger charge is 2.16. The zero-order valence-electron chi connectivity index (χ0n) is 10.4. The van der Waals surface area contributed by atoms with Crippen molar-refractivity contribution in [2.24, 2.45) is 0 Å². The number of nitrogens with one attached hydrogen (secondary N) is 1. The fourth-order valence-corrected chi connectivity index (χ4v) is 2.98. The summed E-state index contributed by atoms with van der Waals surface area (Å²) in [5.74, 6) is -2.36. The molecule has 0 aliphatic heterocycles. The highest BCUT2D eigenvalue weighted by atomic mass is 35.5. The van der Waals surface area contributed by atoms with Gasteiger partial charge in [0.05, 0.1) is 4.90 Å². The SMILES string of the molecule is O=S(=O)(NCc1cc(Cl)ccc1Cl)c1ccc(F)c(F)c1. The van der Waals surface area contributed by atoms with E-state index in [1.165, 1.54) is 12.1 Å². The van der Waals surface area contributed by atoms with E-state index >= 15 is 0 Å². The monoisotopic (exact) mass is 351 g/mol. The molecule has 3 nitrogen and oxygen atoms in total. The van der Waals surface area contributed by atoms with Crippen LogP contribution in [0.4, 0.5) is 8.78 Å². The van der Waals surface area contributed by atoms with E-state index in [4.69, 9.17) is 23.2 Å². The lowest BCUT2D eigenvalue weighted by molar-refractivity contribution is 0.504. The first-order chi connectivity index (χ1) is 9.79. The van der Waals surface area contributed by atoms with Gasteiger partial charge in [0.1, 0.15) is 0 Å². The van der Waals surface area contributed by atoms with Gasteiger partial charge < -0.3 is 0 Å². The highest BCUT2D eigenvalue weighted by Crippen LogP contribution is 2.21. The molecule has 0 atom stereocenters. The van der Waals surface area contributed by atoms with E-state index in [2.05, 4.69) is 4.72 Å². The number of sulfonamides is 1. The fourth-order valence-electron chi connectivity index (χ4n) is 1.58. The van der Waals surface area contributed by atoms with Gasteiger partial charge in [-0.3, -0.25) is 0 Å². The normalized spacial score (nSPS) is 11.6. The summed E-state index contributed by atoms with van der Waals surface area (Å²) in [5.41, 5.74) is 0.468. The molecule has 2 aromatic carbocycles. The first kappa shape index (κ1) is 16.2. The van der Waals surface area contributed by atoms with Gasteiger partial charge in [0.2, 0.25) is 10.0 Å². The molecule has 0 saturated heterocycles. The average Bonchev–Trinajstić information content (AvgIpc) is 2.43. The van der Waals surface area contributed by atoms with Gasteiger partial charge in [0.15, 0.2) is 11.6 Å². The molecule has 2 aromatic rings. The van der Waals surface area contributed by atoms with E-state index in [-0.39, 0.29) is 11.4 Å². The summed E-state index contributed by atoms with van der Waals surface area (Å²) in [5, 5.41) is 0.744. The van der Waals surface area contributed by atoms with Crippen LogP contribution >= 0.6 is 23.2 Å². The first-order valence-electron chi connectivity index (χ1n) is 5.68. The Hall–Kier alpha value is -1.21. The van der Waals surface area contributed by atoms with E-state index in [0.29, 0.717) is 21.7 Å². The molecule has 0 saturated carbocycles. The van der Waals surface area contributed by atoms with Crippen LogP contribution in [0.1, 0.15) is 5.56 Å². The third kappa shape index (κ3) is 3.91. The number of rotatable bonds is 4. The average molecular weight is 352 g/mol. The lowest BCUT2D eigenvalue weighted by Crippen LogP contribution is -2.23. The third-order valence-corrected chi connectivity index (χ3v) is 4.66. The standard InChI is InChI=1S/C13H9Cl2F2NO2S/c14-9-1-3-11(15)8(5-9)7-18-21(19,20)10-2-4-12(16)13(17)6-10/h1-6,18H,7H2. The zero-order valence-corrected chi connectivity index (χ0v) is 12.7. The molecule has 0 unspecified atom stereocenters. The lowest BCUT2D eigenvalue weighted by atomic mass is 10.2. The molecule has 0 aliphatic rings. The molecule has 0 spiro atoms. The second kappa shape index (κ2) is 6.27. The van der Waals surface area contributed by atoms with Crippen molar-refractivity contribution in [3.8, 4) is 0 Å². The second-order valence-corrected chi connectivity index (χ2v) is 6.75. The molecule has 8 heteroatoms. The Morgan fingerprint density at radius 2 is 1.71 bits per heavy atom. The first-order valence-corrected chi connectivity index (χ1v) is 7.92.